The molecule has 0 radical (unpaired) electrons. The molecule has 7 nitrogen and oxygen atoms in total. The smallest absolute Gasteiger partial charge is 0.263 e. The number of benzene rings is 2. The standard InChI is InChI=1S/C20H17N3O4S/c1-12-6-8-14(9-7-12)21-17(24)11-27-16-5-3-2-4-13(16)10-15-18(25)22-20(28)23-19(15)26/h2-10H,11H2,1H3,(H,21,24)(H2,22,23,25,26,28). The predicted octanol–water partition coefficient (Wildman–Crippen LogP) is 1.93. The van der Waals surface area contributed by atoms with E-state index in [4.69, 9.17) is 17.0 Å². The van der Waals surface area contributed by atoms with Gasteiger partial charge in [0.15, 0.2) is 11.7 Å². The molecule has 1 saturated heterocycles. The molecule has 3 rings (SSSR count). The van der Waals surface area contributed by atoms with Crippen molar-refractivity contribution in [3.8, 4) is 5.75 Å². The summed E-state index contributed by atoms with van der Waals surface area (Å²) in [6, 6.07) is 14.2. The number of carbonyl (C=O) groups is 3. The van der Waals surface area contributed by atoms with Crippen molar-refractivity contribution in [1.29, 1.82) is 0 Å². The second-order valence-corrected chi connectivity index (χ2v) is 6.44. The largest absolute Gasteiger partial charge is 0.483 e. The number of carbonyl (C=O) groups excluding carboxylic acids is 3. The van der Waals surface area contributed by atoms with Crippen LogP contribution in [0.1, 0.15) is 11.1 Å². The van der Waals surface area contributed by atoms with Crippen LogP contribution in [0.5, 0.6) is 5.75 Å². The molecule has 142 valence electrons. The summed E-state index contributed by atoms with van der Waals surface area (Å²) in [6.07, 6.45) is 1.39. The van der Waals surface area contributed by atoms with Gasteiger partial charge in [0.25, 0.3) is 17.7 Å². The average Bonchev–Trinajstić information content (AvgIpc) is 2.65. The van der Waals surface area contributed by atoms with E-state index in [2.05, 4.69) is 16.0 Å². The van der Waals surface area contributed by atoms with E-state index in [0.29, 0.717) is 17.0 Å². The first-order valence-corrected chi connectivity index (χ1v) is 8.80. The Hall–Kier alpha value is -3.52. The molecular formula is C20H17N3O4S. The lowest BCUT2D eigenvalue weighted by atomic mass is 10.1. The first kappa shape index (κ1) is 19.2. The molecule has 0 bridgehead atoms. The Morgan fingerprint density at radius 2 is 1.71 bits per heavy atom. The van der Waals surface area contributed by atoms with Crippen LogP contribution in [0.3, 0.4) is 0 Å². The Morgan fingerprint density at radius 3 is 2.39 bits per heavy atom. The average molecular weight is 395 g/mol. The first-order chi connectivity index (χ1) is 13.4. The lowest BCUT2D eigenvalue weighted by Crippen LogP contribution is -2.51. The zero-order valence-corrected chi connectivity index (χ0v) is 15.8. The Labute approximate surface area is 166 Å². The summed E-state index contributed by atoms with van der Waals surface area (Å²) in [4.78, 5) is 36.1. The van der Waals surface area contributed by atoms with E-state index in [0.717, 1.165) is 5.56 Å². The summed E-state index contributed by atoms with van der Waals surface area (Å²) in [5, 5.41) is 7.44. The molecule has 0 unspecified atom stereocenters. The maximum atomic E-state index is 12.1. The van der Waals surface area contributed by atoms with E-state index in [9.17, 15) is 14.4 Å². The Morgan fingerprint density at radius 1 is 1.07 bits per heavy atom. The zero-order chi connectivity index (χ0) is 20.1. The molecule has 3 amide bonds. The number of anilines is 1. The van der Waals surface area contributed by atoms with Crippen LogP contribution < -0.4 is 20.7 Å². The third-order valence-corrected chi connectivity index (χ3v) is 4.06. The van der Waals surface area contributed by atoms with Crippen molar-refractivity contribution in [2.45, 2.75) is 6.92 Å². The summed E-state index contributed by atoms with van der Waals surface area (Å²) in [6.45, 7) is 1.73. The fourth-order valence-electron chi connectivity index (χ4n) is 2.47. The van der Waals surface area contributed by atoms with E-state index in [1.54, 1.807) is 36.4 Å². The van der Waals surface area contributed by atoms with Crippen molar-refractivity contribution < 1.29 is 19.1 Å². The summed E-state index contributed by atoms with van der Waals surface area (Å²) in [5.41, 5.74) is 2.14. The van der Waals surface area contributed by atoms with Crippen molar-refractivity contribution >= 4 is 46.8 Å². The molecule has 0 spiro atoms. The molecule has 28 heavy (non-hydrogen) atoms. The van der Waals surface area contributed by atoms with E-state index in [1.807, 2.05) is 19.1 Å². The van der Waals surface area contributed by atoms with Gasteiger partial charge >= 0.3 is 0 Å². The molecule has 0 aliphatic carbocycles. The molecule has 8 heteroatoms. The molecule has 1 aliphatic heterocycles. The topological polar surface area (TPSA) is 96.5 Å². The SMILES string of the molecule is Cc1ccc(NC(=O)COc2ccccc2C=C2C(=O)NC(=S)NC2=O)cc1. The third kappa shape index (κ3) is 4.80. The molecule has 2 aromatic carbocycles. The number of nitrogens with one attached hydrogen (secondary N) is 3. The molecule has 3 N–H and O–H groups in total. The van der Waals surface area contributed by atoms with Crippen molar-refractivity contribution in [3.05, 3.63) is 65.2 Å². The third-order valence-electron chi connectivity index (χ3n) is 3.86. The number of para-hydroxylation sites is 1. The Bertz CT molecular complexity index is 961. The highest BCUT2D eigenvalue weighted by atomic mass is 32.1. The molecule has 2 aromatic rings. The van der Waals surface area contributed by atoms with Gasteiger partial charge in [0.1, 0.15) is 11.3 Å². The van der Waals surface area contributed by atoms with Crippen LogP contribution in [-0.4, -0.2) is 29.4 Å². The zero-order valence-electron chi connectivity index (χ0n) is 14.9. The van der Waals surface area contributed by atoms with E-state index >= 15 is 0 Å². The molecular weight excluding hydrogens is 378 g/mol. The van der Waals surface area contributed by atoms with Gasteiger partial charge in [-0.25, -0.2) is 0 Å². The monoisotopic (exact) mass is 395 g/mol. The highest BCUT2D eigenvalue weighted by Crippen LogP contribution is 2.22. The number of thiocarbonyl (C=S) groups is 1. The van der Waals surface area contributed by atoms with Crippen molar-refractivity contribution in [2.24, 2.45) is 0 Å². The van der Waals surface area contributed by atoms with E-state index < -0.39 is 11.8 Å². The quantitative estimate of drug-likeness (QED) is 0.408. The molecule has 0 aromatic heterocycles. The van der Waals surface area contributed by atoms with Crippen molar-refractivity contribution in [1.82, 2.24) is 10.6 Å². The first-order valence-electron chi connectivity index (χ1n) is 8.39. The maximum absolute atomic E-state index is 12.1. The van der Waals surface area contributed by atoms with Crippen LogP contribution in [0.25, 0.3) is 6.08 Å². The number of ether oxygens (including phenoxy) is 1. The minimum Gasteiger partial charge on any atom is -0.483 e. The molecule has 0 saturated carbocycles. The normalized spacial score (nSPS) is 13.5. The van der Waals surface area contributed by atoms with Gasteiger partial charge in [-0.15, -0.1) is 0 Å². The Balaban J connectivity index is 1.70. The summed E-state index contributed by atoms with van der Waals surface area (Å²) < 4.78 is 5.58. The predicted molar refractivity (Wildman–Crippen MR) is 109 cm³/mol. The van der Waals surface area contributed by atoms with Gasteiger partial charge in [0.05, 0.1) is 0 Å². The highest BCUT2D eigenvalue weighted by molar-refractivity contribution is 7.80. The lowest BCUT2D eigenvalue weighted by Gasteiger charge is -2.17. The summed E-state index contributed by atoms with van der Waals surface area (Å²) in [5.74, 6) is -1.16. The second-order valence-electron chi connectivity index (χ2n) is 6.04. The number of aryl methyl sites for hydroxylation is 1. The highest BCUT2D eigenvalue weighted by Gasteiger charge is 2.26. The van der Waals surface area contributed by atoms with Gasteiger partial charge in [-0.3, -0.25) is 25.0 Å². The van der Waals surface area contributed by atoms with Gasteiger partial charge in [0, 0.05) is 11.3 Å². The van der Waals surface area contributed by atoms with Gasteiger partial charge in [-0.1, -0.05) is 35.9 Å². The van der Waals surface area contributed by atoms with E-state index in [1.165, 1.54) is 6.08 Å². The molecule has 1 heterocycles. The fourth-order valence-corrected chi connectivity index (χ4v) is 2.66. The van der Waals surface area contributed by atoms with Crippen LogP contribution in [0.4, 0.5) is 5.69 Å². The van der Waals surface area contributed by atoms with Crippen LogP contribution in [0, 0.1) is 6.92 Å². The number of hydrogen-bond acceptors (Lipinski definition) is 5. The summed E-state index contributed by atoms with van der Waals surface area (Å²) >= 11 is 4.77. The molecule has 0 atom stereocenters. The fraction of sp³-hybridized carbons (Fsp3) is 0.100. The van der Waals surface area contributed by atoms with Gasteiger partial charge < -0.3 is 10.1 Å². The minimum atomic E-state index is -0.597. The van der Waals surface area contributed by atoms with Crippen LogP contribution in [0.2, 0.25) is 0 Å². The second kappa shape index (κ2) is 8.45. The van der Waals surface area contributed by atoms with E-state index in [-0.39, 0.29) is 23.2 Å². The van der Waals surface area contributed by atoms with Gasteiger partial charge in [-0.2, -0.15) is 0 Å². The van der Waals surface area contributed by atoms with Crippen LogP contribution in [-0.2, 0) is 14.4 Å². The van der Waals surface area contributed by atoms with Crippen LogP contribution in [0.15, 0.2) is 54.1 Å². The summed E-state index contributed by atoms with van der Waals surface area (Å²) in [7, 11) is 0. The van der Waals surface area contributed by atoms with Crippen molar-refractivity contribution in [3.63, 3.8) is 0 Å². The Kier molecular flexibility index (Phi) is 5.81. The molecule has 1 aliphatic rings. The number of rotatable bonds is 5. The number of amides is 3. The maximum Gasteiger partial charge on any atom is 0.263 e. The molecule has 1 fully saturated rings. The van der Waals surface area contributed by atoms with Gasteiger partial charge in [0.2, 0.25) is 0 Å². The lowest BCUT2D eigenvalue weighted by molar-refractivity contribution is -0.123. The van der Waals surface area contributed by atoms with Crippen molar-refractivity contribution in [2.75, 3.05) is 11.9 Å². The number of hydrogen-bond donors (Lipinski definition) is 3. The van der Waals surface area contributed by atoms with Gasteiger partial charge in [-0.05, 0) is 43.4 Å². The minimum absolute atomic E-state index is 0.0375. The van der Waals surface area contributed by atoms with Crippen LogP contribution >= 0.6 is 12.2 Å².